The second kappa shape index (κ2) is 6.14. The largest absolute Gasteiger partial charge is 0.242 e. The highest BCUT2D eigenvalue weighted by atomic mass is 35.5. The Balaban J connectivity index is 1.71. The lowest BCUT2D eigenvalue weighted by Crippen LogP contribution is -2.00. The number of nitrogens with zero attached hydrogens (tertiary/aromatic N) is 3. The highest BCUT2D eigenvalue weighted by molar-refractivity contribution is 6.29. The van der Waals surface area contributed by atoms with Crippen LogP contribution in [0.2, 0.25) is 5.15 Å². The van der Waals surface area contributed by atoms with E-state index in [1.165, 1.54) is 18.4 Å². The van der Waals surface area contributed by atoms with Crippen LogP contribution in [0.25, 0.3) is 33.7 Å². The molecule has 0 N–H and O–H groups in total. The van der Waals surface area contributed by atoms with Crippen LogP contribution in [0.15, 0.2) is 66.7 Å². The number of hydrogen-bond donors (Lipinski definition) is 0. The normalized spacial score (nSPS) is 15.0. The average Bonchev–Trinajstić information content (AvgIpc) is 3.46. The van der Waals surface area contributed by atoms with Crippen molar-refractivity contribution in [2.75, 3.05) is 0 Å². The van der Waals surface area contributed by atoms with Gasteiger partial charge in [0.25, 0.3) is 0 Å². The van der Waals surface area contributed by atoms with Gasteiger partial charge >= 0.3 is 0 Å². The minimum absolute atomic E-state index is 0.358. The van der Waals surface area contributed by atoms with E-state index < -0.39 is 0 Å². The zero-order chi connectivity index (χ0) is 18.4. The summed E-state index contributed by atoms with van der Waals surface area (Å²) in [5.41, 5.74) is 6.83. The second-order valence-electron chi connectivity index (χ2n) is 7.40. The SMILES string of the molecule is CC1(c2ccc(-c3nc4ccc(Cl)nc4nc3-c3ccccc3)cc2)CC1. The molecule has 5 rings (SSSR count). The number of benzene rings is 2. The number of rotatable bonds is 3. The Bertz CT molecular complexity index is 1130. The van der Waals surface area contributed by atoms with Crippen LogP contribution in [0.5, 0.6) is 0 Å². The third-order valence-corrected chi connectivity index (χ3v) is 5.61. The quantitative estimate of drug-likeness (QED) is 0.410. The fourth-order valence-electron chi connectivity index (χ4n) is 3.42. The van der Waals surface area contributed by atoms with E-state index in [2.05, 4.69) is 36.2 Å². The van der Waals surface area contributed by atoms with Crippen molar-refractivity contribution in [2.24, 2.45) is 0 Å². The predicted molar refractivity (Wildman–Crippen MR) is 110 cm³/mol. The van der Waals surface area contributed by atoms with Gasteiger partial charge in [-0.05, 0) is 36.0 Å². The van der Waals surface area contributed by atoms with Crippen molar-refractivity contribution >= 4 is 22.8 Å². The van der Waals surface area contributed by atoms with E-state index in [0.717, 1.165) is 28.0 Å². The summed E-state index contributed by atoms with van der Waals surface area (Å²) in [6.45, 7) is 2.32. The van der Waals surface area contributed by atoms with Gasteiger partial charge in [-0.1, -0.05) is 73.1 Å². The van der Waals surface area contributed by atoms with E-state index in [1.54, 1.807) is 6.07 Å². The predicted octanol–water partition coefficient (Wildman–Crippen LogP) is 6.06. The zero-order valence-electron chi connectivity index (χ0n) is 15.0. The Kier molecular flexibility index (Phi) is 3.73. The molecule has 1 aliphatic carbocycles. The maximum Gasteiger partial charge on any atom is 0.180 e. The molecule has 1 saturated carbocycles. The maximum absolute atomic E-state index is 6.06. The van der Waals surface area contributed by atoms with Gasteiger partial charge in [-0.15, -0.1) is 0 Å². The summed E-state index contributed by atoms with van der Waals surface area (Å²) in [5, 5.41) is 0.422. The van der Waals surface area contributed by atoms with Gasteiger partial charge in [0, 0.05) is 11.1 Å². The number of fused-ring (bicyclic) bond motifs is 1. The van der Waals surface area contributed by atoms with Crippen molar-refractivity contribution in [1.82, 2.24) is 15.0 Å². The molecule has 2 aromatic carbocycles. The van der Waals surface area contributed by atoms with Gasteiger partial charge in [-0.3, -0.25) is 0 Å². The molecular weight excluding hydrogens is 354 g/mol. The monoisotopic (exact) mass is 371 g/mol. The van der Waals surface area contributed by atoms with Crippen molar-refractivity contribution < 1.29 is 0 Å². The van der Waals surface area contributed by atoms with Crippen LogP contribution in [0.1, 0.15) is 25.3 Å². The summed E-state index contributed by atoms with van der Waals surface area (Å²) in [4.78, 5) is 14.0. The average molecular weight is 372 g/mol. The molecule has 0 saturated heterocycles. The first-order valence-corrected chi connectivity index (χ1v) is 9.51. The van der Waals surface area contributed by atoms with E-state index in [4.69, 9.17) is 21.6 Å². The first-order valence-electron chi connectivity index (χ1n) is 9.13. The molecule has 4 aromatic rings. The van der Waals surface area contributed by atoms with Gasteiger partial charge < -0.3 is 0 Å². The standard InChI is InChI=1S/C23H18ClN3/c1-23(13-14-23)17-9-7-16(8-10-17)20-21(15-5-3-2-4-6-15)27-22-18(25-20)11-12-19(24)26-22/h2-12H,13-14H2,1H3. The van der Waals surface area contributed by atoms with E-state index in [0.29, 0.717) is 16.2 Å². The minimum atomic E-state index is 0.358. The van der Waals surface area contributed by atoms with Crippen LogP contribution < -0.4 is 0 Å². The number of aromatic nitrogens is 3. The Hall–Kier alpha value is -2.78. The summed E-state index contributed by atoms with van der Waals surface area (Å²) >= 11 is 6.06. The molecule has 0 bridgehead atoms. The molecule has 0 spiro atoms. The van der Waals surface area contributed by atoms with Crippen LogP contribution in [0.3, 0.4) is 0 Å². The first kappa shape index (κ1) is 16.4. The molecule has 0 radical (unpaired) electrons. The van der Waals surface area contributed by atoms with Crippen molar-refractivity contribution in [3.8, 4) is 22.5 Å². The molecule has 0 amide bonds. The van der Waals surface area contributed by atoms with Crippen LogP contribution in [0, 0.1) is 0 Å². The van der Waals surface area contributed by atoms with Gasteiger partial charge in [0.1, 0.15) is 10.7 Å². The summed E-state index contributed by atoms with van der Waals surface area (Å²) in [6.07, 6.45) is 2.54. The van der Waals surface area contributed by atoms with E-state index >= 15 is 0 Å². The highest BCUT2D eigenvalue weighted by Gasteiger charge is 2.38. The molecule has 0 aliphatic heterocycles. The lowest BCUT2D eigenvalue weighted by molar-refractivity contribution is 0.788. The Morgan fingerprint density at radius 2 is 1.41 bits per heavy atom. The molecule has 0 atom stereocenters. The van der Waals surface area contributed by atoms with Crippen LogP contribution in [0.4, 0.5) is 0 Å². The lowest BCUT2D eigenvalue weighted by Gasteiger charge is -2.12. The minimum Gasteiger partial charge on any atom is -0.242 e. The molecule has 4 heteroatoms. The molecule has 1 fully saturated rings. The highest BCUT2D eigenvalue weighted by Crippen LogP contribution is 2.47. The molecule has 2 heterocycles. The number of halogens is 1. The summed E-state index contributed by atoms with van der Waals surface area (Å²) in [6, 6.07) is 22.5. The second-order valence-corrected chi connectivity index (χ2v) is 7.79. The number of pyridine rings is 1. The lowest BCUT2D eigenvalue weighted by atomic mass is 9.95. The summed E-state index contributed by atoms with van der Waals surface area (Å²) < 4.78 is 0. The van der Waals surface area contributed by atoms with Crippen molar-refractivity contribution in [3.63, 3.8) is 0 Å². The first-order chi connectivity index (χ1) is 13.1. The molecule has 0 unspecified atom stereocenters. The number of hydrogen-bond acceptors (Lipinski definition) is 3. The smallest absolute Gasteiger partial charge is 0.180 e. The van der Waals surface area contributed by atoms with Gasteiger partial charge in [-0.25, -0.2) is 15.0 Å². The fraction of sp³-hybridized carbons (Fsp3) is 0.174. The Labute approximate surface area is 163 Å². The van der Waals surface area contributed by atoms with Crippen molar-refractivity contribution in [3.05, 3.63) is 77.4 Å². The van der Waals surface area contributed by atoms with Gasteiger partial charge in [0.05, 0.1) is 11.4 Å². The van der Waals surface area contributed by atoms with E-state index in [-0.39, 0.29) is 0 Å². The molecule has 2 aromatic heterocycles. The summed E-state index contributed by atoms with van der Waals surface area (Å²) in [5.74, 6) is 0. The molecule has 1 aliphatic rings. The van der Waals surface area contributed by atoms with Crippen LogP contribution in [-0.2, 0) is 5.41 Å². The Morgan fingerprint density at radius 3 is 2.11 bits per heavy atom. The molecular formula is C23H18ClN3. The van der Waals surface area contributed by atoms with Crippen LogP contribution in [-0.4, -0.2) is 15.0 Å². The zero-order valence-corrected chi connectivity index (χ0v) is 15.7. The van der Waals surface area contributed by atoms with Crippen molar-refractivity contribution in [2.45, 2.75) is 25.2 Å². The third kappa shape index (κ3) is 2.98. The Morgan fingerprint density at radius 1 is 0.741 bits per heavy atom. The van der Waals surface area contributed by atoms with E-state index in [9.17, 15) is 0 Å². The molecule has 132 valence electrons. The topological polar surface area (TPSA) is 38.7 Å². The van der Waals surface area contributed by atoms with Crippen molar-refractivity contribution in [1.29, 1.82) is 0 Å². The summed E-state index contributed by atoms with van der Waals surface area (Å²) in [7, 11) is 0. The van der Waals surface area contributed by atoms with E-state index in [1.807, 2.05) is 36.4 Å². The molecule has 3 nitrogen and oxygen atoms in total. The molecule has 27 heavy (non-hydrogen) atoms. The van der Waals surface area contributed by atoms with Gasteiger partial charge in [-0.2, -0.15) is 0 Å². The van der Waals surface area contributed by atoms with Gasteiger partial charge in [0.2, 0.25) is 0 Å². The third-order valence-electron chi connectivity index (χ3n) is 5.40. The van der Waals surface area contributed by atoms with Crippen LogP contribution >= 0.6 is 11.6 Å². The van der Waals surface area contributed by atoms with Gasteiger partial charge in [0.15, 0.2) is 5.65 Å². The maximum atomic E-state index is 6.06. The fourth-order valence-corrected chi connectivity index (χ4v) is 3.57.